The maximum absolute atomic E-state index is 12.0. The molecule has 0 aliphatic rings. The van der Waals surface area contributed by atoms with E-state index in [0.29, 0.717) is 25.4 Å². The Bertz CT molecular complexity index is 666. The Labute approximate surface area is 150 Å². The Morgan fingerprint density at radius 1 is 1.04 bits per heavy atom. The highest BCUT2D eigenvalue weighted by Gasteiger charge is 2.06. The van der Waals surface area contributed by atoms with Crippen molar-refractivity contribution in [3.05, 3.63) is 59.7 Å². The van der Waals surface area contributed by atoms with Crippen molar-refractivity contribution in [1.82, 2.24) is 5.32 Å². The predicted molar refractivity (Wildman–Crippen MR) is 103 cm³/mol. The van der Waals surface area contributed by atoms with Gasteiger partial charge in [0.2, 0.25) is 5.91 Å². The first-order chi connectivity index (χ1) is 12.1. The number of nitrogens with one attached hydrogen (secondary N) is 2. The van der Waals surface area contributed by atoms with Gasteiger partial charge in [0.05, 0.1) is 7.11 Å². The van der Waals surface area contributed by atoms with Gasteiger partial charge in [0, 0.05) is 25.2 Å². The summed E-state index contributed by atoms with van der Waals surface area (Å²) >= 11 is 0. The van der Waals surface area contributed by atoms with Crippen LogP contribution in [0.3, 0.4) is 0 Å². The van der Waals surface area contributed by atoms with Gasteiger partial charge in [-0.25, -0.2) is 0 Å². The van der Waals surface area contributed by atoms with Crippen LogP contribution in [0.2, 0.25) is 0 Å². The van der Waals surface area contributed by atoms with Crippen molar-refractivity contribution in [3.8, 4) is 5.75 Å². The number of anilines is 1. The molecule has 0 bridgehead atoms. The minimum atomic E-state index is 0.0723. The summed E-state index contributed by atoms with van der Waals surface area (Å²) in [6.07, 6.45) is 1.29. The number of carbonyl (C=O) groups is 1. The van der Waals surface area contributed by atoms with Gasteiger partial charge in [-0.15, -0.1) is 0 Å². The van der Waals surface area contributed by atoms with Crippen LogP contribution in [-0.4, -0.2) is 26.1 Å². The van der Waals surface area contributed by atoms with E-state index in [2.05, 4.69) is 36.6 Å². The number of amides is 1. The summed E-state index contributed by atoms with van der Waals surface area (Å²) in [5.74, 6) is 1.38. The van der Waals surface area contributed by atoms with Crippen LogP contribution in [0.15, 0.2) is 48.5 Å². The Hall–Kier alpha value is -2.49. The van der Waals surface area contributed by atoms with E-state index < -0.39 is 0 Å². The fraction of sp³-hybridized carbons (Fsp3) is 0.381. The Morgan fingerprint density at radius 3 is 2.44 bits per heavy atom. The molecule has 0 radical (unpaired) electrons. The van der Waals surface area contributed by atoms with Crippen molar-refractivity contribution in [2.45, 2.75) is 32.6 Å². The van der Waals surface area contributed by atoms with Crippen LogP contribution in [0, 0.1) is 0 Å². The average Bonchev–Trinajstić information content (AvgIpc) is 2.62. The number of rotatable bonds is 9. The summed E-state index contributed by atoms with van der Waals surface area (Å²) in [7, 11) is 1.66. The lowest BCUT2D eigenvalue weighted by Gasteiger charge is -2.14. The first-order valence-corrected chi connectivity index (χ1v) is 8.82. The molecule has 0 fully saturated rings. The fourth-order valence-electron chi connectivity index (χ4n) is 2.70. The van der Waals surface area contributed by atoms with Crippen LogP contribution < -0.4 is 15.4 Å². The van der Waals surface area contributed by atoms with Crippen LogP contribution in [0.4, 0.5) is 5.69 Å². The van der Waals surface area contributed by atoms with Crippen molar-refractivity contribution in [3.63, 3.8) is 0 Å². The number of methoxy groups -OCH3 is 1. The highest BCUT2D eigenvalue weighted by Crippen LogP contribution is 2.23. The van der Waals surface area contributed by atoms with Crippen molar-refractivity contribution < 1.29 is 9.53 Å². The molecule has 25 heavy (non-hydrogen) atoms. The van der Waals surface area contributed by atoms with Crippen LogP contribution in [0.1, 0.15) is 37.3 Å². The number of hydrogen-bond acceptors (Lipinski definition) is 3. The largest absolute Gasteiger partial charge is 0.497 e. The molecule has 0 heterocycles. The third-order valence-electron chi connectivity index (χ3n) is 4.15. The average molecular weight is 340 g/mol. The number of benzene rings is 2. The maximum Gasteiger partial charge on any atom is 0.221 e. The summed E-state index contributed by atoms with van der Waals surface area (Å²) in [6.45, 7) is 5.63. The molecule has 2 N–H and O–H groups in total. The molecule has 0 aliphatic heterocycles. The zero-order valence-corrected chi connectivity index (χ0v) is 15.3. The highest BCUT2D eigenvalue weighted by molar-refractivity contribution is 5.76. The van der Waals surface area contributed by atoms with Gasteiger partial charge in [0.25, 0.3) is 0 Å². The first kappa shape index (κ1) is 18.8. The van der Waals surface area contributed by atoms with Crippen molar-refractivity contribution in [1.29, 1.82) is 0 Å². The van der Waals surface area contributed by atoms with Gasteiger partial charge >= 0.3 is 0 Å². The van der Waals surface area contributed by atoms with Gasteiger partial charge in [-0.3, -0.25) is 4.79 Å². The third kappa shape index (κ3) is 6.14. The molecule has 0 aliphatic carbocycles. The van der Waals surface area contributed by atoms with Gasteiger partial charge in [-0.1, -0.05) is 44.2 Å². The molecule has 1 amide bonds. The summed E-state index contributed by atoms with van der Waals surface area (Å²) in [6, 6.07) is 16.2. The summed E-state index contributed by atoms with van der Waals surface area (Å²) in [5, 5.41) is 6.34. The molecule has 2 aromatic rings. The van der Waals surface area contributed by atoms with E-state index in [9.17, 15) is 4.79 Å². The maximum atomic E-state index is 12.0. The van der Waals surface area contributed by atoms with E-state index in [1.807, 2.05) is 36.4 Å². The van der Waals surface area contributed by atoms with Gasteiger partial charge in [-0.05, 0) is 41.7 Å². The first-order valence-electron chi connectivity index (χ1n) is 8.82. The molecule has 0 aromatic heterocycles. The van der Waals surface area contributed by atoms with E-state index in [1.54, 1.807) is 7.11 Å². The molecule has 0 saturated carbocycles. The molecule has 2 rings (SSSR count). The number of ether oxygens (including phenoxy) is 1. The molecule has 4 heteroatoms. The quantitative estimate of drug-likeness (QED) is 0.726. The third-order valence-corrected chi connectivity index (χ3v) is 4.15. The Morgan fingerprint density at radius 2 is 1.76 bits per heavy atom. The van der Waals surface area contributed by atoms with Crippen LogP contribution >= 0.6 is 0 Å². The molecule has 134 valence electrons. The molecule has 0 saturated heterocycles. The van der Waals surface area contributed by atoms with Gasteiger partial charge in [-0.2, -0.15) is 0 Å². The molecule has 2 aromatic carbocycles. The van der Waals surface area contributed by atoms with Crippen molar-refractivity contribution >= 4 is 11.6 Å². The topological polar surface area (TPSA) is 50.4 Å². The fourth-order valence-corrected chi connectivity index (χ4v) is 2.70. The Balaban J connectivity index is 1.69. The zero-order valence-electron chi connectivity index (χ0n) is 15.3. The summed E-state index contributed by atoms with van der Waals surface area (Å²) < 4.78 is 5.14. The molecular formula is C21H28N2O2. The van der Waals surface area contributed by atoms with E-state index >= 15 is 0 Å². The lowest BCUT2D eigenvalue weighted by Crippen LogP contribution is -2.27. The van der Waals surface area contributed by atoms with E-state index in [1.165, 1.54) is 11.1 Å². The number of para-hydroxylation sites is 1. The van der Waals surface area contributed by atoms with E-state index in [4.69, 9.17) is 4.74 Å². The van der Waals surface area contributed by atoms with E-state index in [0.717, 1.165) is 17.9 Å². The predicted octanol–water partition coefficient (Wildman–Crippen LogP) is 3.98. The van der Waals surface area contributed by atoms with E-state index in [-0.39, 0.29) is 5.91 Å². The highest BCUT2D eigenvalue weighted by atomic mass is 16.5. The number of hydrogen-bond donors (Lipinski definition) is 2. The molecule has 0 spiro atoms. The molecule has 4 nitrogen and oxygen atoms in total. The second-order valence-corrected chi connectivity index (χ2v) is 6.37. The smallest absolute Gasteiger partial charge is 0.221 e. The lowest BCUT2D eigenvalue weighted by molar-refractivity contribution is -0.120. The van der Waals surface area contributed by atoms with Crippen LogP contribution in [0.25, 0.3) is 0 Å². The summed E-state index contributed by atoms with van der Waals surface area (Å²) in [4.78, 5) is 12.0. The van der Waals surface area contributed by atoms with Gasteiger partial charge < -0.3 is 15.4 Å². The van der Waals surface area contributed by atoms with Crippen molar-refractivity contribution in [2.24, 2.45) is 0 Å². The molecule has 0 atom stereocenters. The second-order valence-electron chi connectivity index (χ2n) is 6.37. The minimum Gasteiger partial charge on any atom is -0.497 e. The minimum absolute atomic E-state index is 0.0723. The normalized spacial score (nSPS) is 10.6. The molecule has 0 unspecified atom stereocenters. The zero-order chi connectivity index (χ0) is 18.1. The monoisotopic (exact) mass is 340 g/mol. The number of carbonyl (C=O) groups excluding carboxylic acids is 1. The van der Waals surface area contributed by atoms with Crippen LogP contribution in [-0.2, 0) is 11.2 Å². The molecular weight excluding hydrogens is 312 g/mol. The Kier molecular flexibility index (Phi) is 7.33. The van der Waals surface area contributed by atoms with Crippen molar-refractivity contribution in [2.75, 3.05) is 25.5 Å². The lowest BCUT2D eigenvalue weighted by atomic mass is 10.0. The SMILES string of the molecule is COc1ccc(CCNC(=O)CCNc2ccccc2C(C)C)cc1. The standard InChI is InChI=1S/C21H28N2O2/c1-16(2)19-6-4-5-7-20(19)22-15-13-21(24)23-14-12-17-8-10-18(25-3)11-9-17/h4-11,16,22H,12-15H2,1-3H3,(H,23,24). The second kappa shape index (κ2) is 9.72. The van der Waals surface area contributed by atoms with Gasteiger partial charge in [0.15, 0.2) is 0 Å². The van der Waals surface area contributed by atoms with Crippen LogP contribution in [0.5, 0.6) is 5.75 Å². The summed E-state index contributed by atoms with van der Waals surface area (Å²) in [5.41, 5.74) is 3.58. The van der Waals surface area contributed by atoms with Gasteiger partial charge in [0.1, 0.15) is 5.75 Å².